The number of amides is 1. The number of rotatable bonds is 4. The molecule has 0 spiro atoms. The first kappa shape index (κ1) is 15.4. The van der Waals surface area contributed by atoms with E-state index in [-0.39, 0.29) is 17.4 Å². The van der Waals surface area contributed by atoms with Gasteiger partial charge in [0.25, 0.3) is 0 Å². The summed E-state index contributed by atoms with van der Waals surface area (Å²) in [6.07, 6.45) is 1.39. The fourth-order valence-corrected chi connectivity index (χ4v) is 2.53. The summed E-state index contributed by atoms with van der Waals surface area (Å²) in [7, 11) is 0. The molecule has 1 aliphatic rings. The SMILES string of the molecule is CCN1CCN(C(=O)CC(N)CC(C)(C)C)CC1. The van der Waals surface area contributed by atoms with Gasteiger partial charge in [0.1, 0.15) is 0 Å². The first-order valence-electron chi connectivity index (χ1n) is 7.07. The van der Waals surface area contributed by atoms with Crippen LogP contribution in [-0.4, -0.2) is 54.5 Å². The second-order valence-electron chi connectivity index (χ2n) is 6.54. The van der Waals surface area contributed by atoms with Gasteiger partial charge in [-0.1, -0.05) is 27.7 Å². The average Bonchev–Trinajstić information content (AvgIpc) is 2.26. The van der Waals surface area contributed by atoms with Gasteiger partial charge >= 0.3 is 0 Å². The maximum Gasteiger partial charge on any atom is 0.224 e. The number of likely N-dealkylation sites (N-methyl/N-ethyl adjacent to an activating group) is 1. The van der Waals surface area contributed by atoms with Gasteiger partial charge in [0.05, 0.1) is 0 Å². The van der Waals surface area contributed by atoms with Gasteiger partial charge in [-0.3, -0.25) is 4.79 Å². The number of hydrogen-bond donors (Lipinski definition) is 1. The lowest BCUT2D eigenvalue weighted by molar-refractivity contribution is -0.133. The van der Waals surface area contributed by atoms with Gasteiger partial charge in [-0.15, -0.1) is 0 Å². The van der Waals surface area contributed by atoms with Crippen LogP contribution in [0, 0.1) is 5.41 Å². The number of nitrogens with two attached hydrogens (primary N) is 1. The first-order chi connectivity index (χ1) is 8.31. The van der Waals surface area contributed by atoms with E-state index in [9.17, 15) is 4.79 Å². The maximum absolute atomic E-state index is 12.1. The molecule has 2 N–H and O–H groups in total. The standard InChI is InChI=1S/C14H29N3O/c1-5-16-6-8-17(9-7-16)13(18)10-12(15)11-14(2,3)4/h12H,5-11,15H2,1-4H3. The van der Waals surface area contributed by atoms with Crippen molar-refractivity contribution in [1.29, 1.82) is 0 Å². The van der Waals surface area contributed by atoms with E-state index in [0.717, 1.165) is 39.1 Å². The van der Waals surface area contributed by atoms with E-state index < -0.39 is 0 Å². The number of carbonyl (C=O) groups excluding carboxylic acids is 1. The number of piperazine rings is 1. The van der Waals surface area contributed by atoms with Gasteiger partial charge in [0.15, 0.2) is 0 Å². The predicted octanol–water partition coefficient (Wildman–Crippen LogP) is 1.30. The molecule has 4 nitrogen and oxygen atoms in total. The Bertz CT molecular complexity index is 265. The van der Waals surface area contributed by atoms with E-state index in [2.05, 4.69) is 32.6 Å². The van der Waals surface area contributed by atoms with Crippen LogP contribution in [0.5, 0.6) is 0 Å². The molecule has 1 aliphatic heterocycles. The average molecular weight is 255 g/mol. The van der Waals surface area contributed by atoms with Crippen molar-refractivity contribution >= 4 is 5.91 Å². The Balaban J connectivity index is 2.33. The molecule has 0 radical (unpaired) electrons. The second-order valence-corrected chi connectivity index (χ2v) is 6.54. The minimum Gasteiger partial charge on any atom is -0.340 e. The third-order valence-electron chi connectivity index (χ3n) is 3.48. The predicted molar refractivity (Wildman–Crippen MR) is 75.4 cm³/mol. The highest BCUT2D eigenvalue weighted by Crippen LogP contribution is 2.21. The van der Waals surface area contributed by atoms with E-state index in [1.54, 1.807) is 0 Å². The van der Waals surface area contributed by atoms with Crippen molar-refractivity contribution in [2.75, 3.05) is 32.7 Å². The molecule has 18 heavy (non-hydrogen) atoms. The van der Waals surface area contributed by atoms with E-state index >= 15 is 0 Å². The number of nitrogens with zero attached hydrogens (tertiary/aromatic N) is 2. The first-order valence-corrected chi connectivity index (χ1v) is 7.07. The molecule has 1 atom stereocenters. The summed E-state index contributed by atoms with van der Waals surface area (Å²) in [5.41, 5.74) is 6.26. The molecule has 1 fully saturated rings. The van der Waals surface area contributed by atoms with Crippen LogP contribution in [0.1, 0.15) is 40.5 Å². The van der Waals surface area contributed by atoms with Gasteiger partial charge in [-0.25, -0.2) is 0 Å². The quantitative estimate of drug-likeness (QED) is 0.824. The van der Waals surface area contributed by atoms with Crippen LogP contribution in [0.15, 0.2) is 0 Å². The van der Waals surface area contributed by atoms with E-state index in [0.29, 0.717) is 6.42 Å². The molecule has 0 aliphatic carbocycles. The Morgan fingerprint density at radius 3 is 2.22 bits per heavy atom. The number of hydrogen-bond acceptors (Lipinski definition) is 3. The van der Waals surface area contributed by atoms with Gasteiger partial charge in [0.2, 0.25) is 5.91 Å². The summed E-state index contributed by atoms with van der Waals surface area (Å²) < 4.78 is 0. The van der Waals surface area contributed by atoms with E-state index in [4.69, 9.17) is 5.73 Å². The van der Waals surface area contributed by atoms with Crippen molar-refractivity contribution in [2.45, 2.75) is 46.6 Å². The van der Waals surface area contributed by atoms with E-state index in [1.165, 1.54) is 0 Å². The van der Waals surface area contributed by atoms with Crippen molar-refractivity contribution in [3.8, 4) is 0 Å². The minimum absolute atomic E-state index is 0.0123. The third-order valence-corrected chi connectivity index (χ3v) is 3.48. The van der Waals surface area contributed by atoms with Gasteiger partial charge in [0, 0.05) is 38.6 Å². The summed E-state index contributed by atoms with van der Waals surface area (Å²) in [4.78, 5) is 16.5. The van der Waals surface area contributed by atoms with Crippen molar-refractivity contribution in [1.82, 2.24) is 9.80 Å². The highest BCUT2D eigenvalue weighted by molar-refractivity contribution is 5.76. The van der Waals surface area contributed by atoms with Crippen molar-refractivity contribution in [3.05, 3.63) is 0 Å². The van der Waals surface area contributed by atoms with Gasteiger partial charge in [-0.2, -0.15) is 0 Å². The van der Waals surface area contributed by atoms with Crippen LogP contribution >= 0.6 is 0 Å². The fraction of sp³-hybridized carbons (Fsp3) is 0.929. The third kappa shape index (κ3) is 5.36. The summed E-state index contributed by atoms with van der Waals surface area (Å²) in [5, 5.41) is 0. The lowest BCUT2D eigenvalue weighted by Gasteiger charge is -2.35. The van der Waals surface area contributed by atoms with Crippen LogP contribution in [0.3, 0.4) is 0 Å². The molecular weight excluding hydrogens is 226 g/mol. The van der Waals surface area contributed by atoms with Crippen LogP contribution < -0.4 is 5.73 Å². The topological polar surface area (TPSA) is 49.6 Å². The molecule has 106 valence electrons. The largest absolute Gasteiger partial charge is 0.340 e. The summed E-state index contributed by atoms with van der Waals surface area (Å²) in [5.74, 6) is 0.225. The van der Waals surface area contributed by atoms with E-state index in [1.807, 2.05) is 4.90 Å². The Hall–Kier alpha value is -0.610. The Kier molecular flexibility index (Phi) is 5.60. The molecule has 1 amide bonds. The molecule has 1 heterocycles. The van der Waals surface area contributed by atoms with Crippen LogP contribution in [-0.2, 0) is 4.79 Å². The molecule has 0 aromatic carbocycles. The minimum atomic E-state index is -0.0123. The normalized spacial score (nSPS) is 19.9. The molecule has 0 aromatic heterocycles. The molecule has 4 heteroatoms. The maximum atomic E-state index is 12.1. The van der Waals surface area contributed by atoms with Crippen molar-refractivity contribution < 1.29 is 4.79 Å². The van der Waals surface area contributed by atoms with Crippen molar-refractivity contribution in [2.24, 2.45) is 11.1 Å². The fourth-order valence-electron chi connectivity index (χ4n) is 2.53. The van der Waals surface area contributed by atoms with Crippen LogP contribution in [0.4, 0.5) is 0 Å². The molecule has 1 rings (SSSR count). The molecule has 1 unspecified atom stereocenters. The Labute approximate surface area is 111 Å². The highest BCUT2D eigenvalue weighted by Gasteiger charge is 2.23. The second kappa shape index (κ2) is 6.53. The smallest absolute Gasteiger partial charge is 0.224 e. The zero-order valence-electron chi connectivity index (χ0n) is 12.4. The Morgan fingerprint density at radius 1 is 1.22 bits per heavy atom. The molecule has 1 saturated heterocycles. The molecule has 0 saturated carbocycles. The van der Waals surface area contributed by atoms with Crippen LogP contribution in [0.25, 0.3) is 0 Å². The molecule has 0 bridgehead atoms. The zero-order chi connectivity index (χ0) is 13.8. The summed E-state index contributed by atoms with van der Waals surface area (Å²) >= 11 is 0. The van der Waals surface area contributed by atoms with Crippen LogP contribution in [0.2, 0.25) is 0 Å². The van der Waals surface area contributed by atoms with Crippen molar-refractivity contribution in [3.63, 3.8) is 0 Å². The monoisotopic (exact) mass is 255 g/mol. The van der Waals surface area contributed by atoms with Gasteiger partial charge in [-0.05, 0) is 18.4 Å². The molecule has 0 aromatic rings. The highest BCUT2D eigenvalue weighted by atomic mass is 16.2. The van der Waals surface area contributed by atoms with Gasteiger partial charge < -0.3 is 15.5 Å². The summed E-state index contributed by atoms with van der Waals surface area (Å²) in [6, 6.07) is -0.0123. The Morgan fingerprint density at radius 2 is 1.78 bits per heavy atom. The summed E-state index contributed by atoms with van der Waals surface area (Å²) in [6.45, 7) is 13.4. The lowest BCUT2D eigenvalue weighted by Crippen LogP contribution is -2.49. The molecular formula is C14H29N3O. The lowest BCUT2D eigenvalue weighted by atomic mass is 9.87. The number of carbonyl (C=O) groups is 1. The zero-order valence-corrected chi connectivity index (χ0v) is 12.4.